The van der Waals surface area contributed by atoms with Gasteiger partial charge in [-0.25, -0.2) is 9.18 Å². The molecule has 0 amide bonds. The molecule has 1 saturated heterocycles. The molecular weight excluding hydrogens is 443 g/mol. The molecule has 5 nitrogen and oxygen atoms in total. The van der Waals surface area contributed by atoms with Gasteiger partial charge in [0.05, 0.1) is 11.9 Å². The summed E-state index contributed by atoms with van der Waals surface area (Å²) in [5.41, 5.74) is 0.183. The second-order valence-corrected chi connectivity index (χ2v) is 13.1. The van der Waals surface area contributed by atoms with Crippen LogP contribution in [-0.4, -0.2) is 42.1 Å². The van der Waals surface area contributed by atoms with Crippen LogP contribution in [0.4, 0.5) is 4.39 Å². The van der Waals surface area contributed by atoms with Gasteiger partial charge >= 0.3 is 5.63 Å². The first kappa shape index (κ1) is 24.1. The van der Waals surface area contributed by atoms with Crippen molar-refractivity contribution in [3.63, 3.8) is 0 Å². The minimum absolute atomic E-state index is 0.00381. The highest BCUT2D eigenvalue weighted by Gasteiger charge is 2.67. The fourth-order valence-corrected chi connectivity index (χ4v) is 9.79. The molecule has 194 valence electrons. The number of nitrogens with one attached hydrogen (secondary N) is 2. The lowest BCUT2D eigenvalue weighted by molar-refractivity contribution is -0.202. The van der Waals surface area contributed by atoms with E-state index in [1.165, 1.54) is 25.3 Å². The number of piperidine rings is 1. The minimum atomic E-state index is -0.786. The summed E-state index contributed by atoms with van der Waals surface area (Å²) in [6.07, 6.45) is 11.4. The standard InChI is InChI=1S/C29H43FN2O3/c1-27-11-7-20(32-25-10-14-31-16-24(25)30)15-19(27)4-5-23-22(27)8-12-28(2)21(9-13-29(23,28)34)18-3-6-26(33)35-17-18/h3,6,17,19-25,31-32,34H,4-5,7-16H2,1-2H3/t19-,20+,21-,22+,23-,24-,25?,27+,28-,29+/m1/s1. The van der Waals surface area contributed by atoms with E-state index in [-0.39, 0.29) is 28.4 Å². The van der Waals surface area contributed by atoms with Crippen molar-refractivity contribution < 1.29 is 13.9 Å². The van der Waals surface area contributed by atoms with Crippen molar-refractivity contribution in [1.29, 1.82) is 0 Å². The molecule has 0 spiro atoms. The SMILES string of the molecule is C[C@]12CC[C@H](NC3CCNC[C@H]3F)C[C@H]1CC[C@@H]1[C@@H]2CC[C@]2(C)[C@@H](c3ccc(=O)oc3)CC[C@]12O. The Kier molecular flexibility index (Phi) is 5.97. The van der Waals surface area contributed by atoms with Crippen molar-refractivity contribution in [2.45, 2.75) is 108 Å². The molecule has 5 aliphatic rings. The zero-order valence-electron chi connectivity index (χ0n) is 21.4. The third-order valence-corrected chi connectivity index (χ3v) is 11.8. The summed E-state index contributed by atoms with van der Waals surface area (Å²) in [6, 6.07) is 3.86. The van der Waals surface area contributed by atoms with E-state index >= 15 is 0 Å². The third kappa shape index (κ3) is 3.68. The van der Waals surface area contributed by atoms with E-state index in [0.717, 1.165) is 57.1 Å². The Morgan fingerprint density at radius 2 is 1.91 bits per heavy atom. The first-order valence-corrected chi connectivity index (χ1v) is 14.2. The predicted molar refractivity (Wildman–Crippen MR) is 134 cm³/mol. The molecule has 6 rings (SSSR count). The first-order chi connectivity index (χ1) is 16.7. The van der Waals surface area contributed by atoms with Gasteiger partial charge in [0.1, 0.15) is 6.17 Å². The van der Waals surface area contributed by atoms with Crippen LogP contribution >= 0.6 is 0 Å². The number of fused-ring (bicyclic) bond motifs is 5. The van der Waals surface area contributed by atoms with Gasteiger partial charge in [0.2, 0.25) is 0 Å². The van der Waals surface area contributed by atoms with Gasteiger partial charge in [-0.1, -0.05) is 13.8 Å². The van der Waals surface area contributed by atoms with Crippen LogP contribution in [0.1, 0.15) is 89.5 Å². The van der Waals surface area contributed by atoms with Crippen LogP contribution in [0.15, 0.2) is 27.6 Å². The van der Waals surface area contributed by atoms with E-state index in [2.05, 4.69) is 24.5 Å². The number of alkyl halides is 1. The summed E-state index contributed by atoms with van der Waals surface area (Å²) in [6.45, 7) is 6.19. The number of hydrogen-bond acceptors (Lipinski definition) is 5. The van der Waals surface area contributed by atoms with Gasteiger partial charge in [-0.15, -0.1) is 0 Å². The molecule has 4 aliphatic carbocycles. The van der Waals surface area contributed by atoms with Crippen LogP contribution in [-0.2, 0) is 0 Å². The summed E-state index contributed by atoms with van der Waals surface area (Å²) >= 11 is 0. The molecule has 1 aliphatic heterocycles. The van der Waals surface area contributed by atoms with Crippen molar-refractivity contribution in [2.24, 2.45) is 28.6 Å². The van der Waals surface area contributed by atoms with Gasteiger partial charge in [-0.3, -0.25) is 0 Å². The molecule has 5 fully saturated rings. The van der Waals surface area contributed by atoms with Crippen molar-refractivity contribution in [1.82, 2.24) is 10.6 Å². The van der Waals surface area contributed by atoms with Crippen LogP contribution in [0.3, 0.4) is 0 Å². The highest BCUT2D eigenvalue weighted by Crippen LogP contribution is 2.70. The van der Waals surface area contributed by atoms with Crippen molar-refractivity contribution in [3.8, 4) is 0 Å². The molecule has 6 heteroatoms. The van der Waals surface area contributed by atoms with E-state index in [1.807, 2.05) is 6.07 Å². The van der Waals surface area contributed by atoms with Crippen LogP contribution < -0.4 is 16.3 Å². The maximum atomic E-state index is 14.4. The Balaban J connectivity index is 1.19. The van der Waals surface area contributed by atoms with E-state index < -0.39 is 11.8 Å². The van der Waals surface area contributed by atoms with Crippen LogP contribution in [0.25, 0.3) is 0 Å². The number of aliphatic hydroxyl groups is 1. The Morgan fingerprint density at radius 1 is 1.06 bits per heavy atom. The molecule has 1 unspecified atom stereocenters. The van der Waals surface area contributed by atoms with Gasteiger partial charge in [0.25, 0.3) is 0 Å². The summed E-state index contributed by atoms with van der Waals surface area (Å²) in [5, 5.41) is 19.3. The molecule has 0 aromatic carbocycles. The topological polar surface area (TPSA) is 74.5 Å². The number of rotatable bonds is 3. The van der Waals surface area contributed by atoms with Gasteiger partial charge in [0, 0.05) is 30.1 Å². The Morgan fingerprint density at radius 3 is 2.69 bits per heavy atom. The molecule has 1 aromatic heterocycles. The normalized spacial score (nSPS) is 49.7. The van der Waals surface area contributed by atoms with E-state index in [0.29, 0.717) is 30.3 Å². The lowest BCUT2D eigenvalue weighted by atomic mass is 9.43. The third-order valence-electron chi connectivity index (χ3n) is 11.8. The molecular formula is C29H43FN2O3. The van der Waals surface area contributed by atoms with Gasteiger partial charge in [0.15, 0.2) is 0 Å². The molecule has 3 N–H and O–H groups in total. The maximum Gasteiger partial charge on any atom is 0.335 e. The summed E-state index contributed by atoms with van der Waals surface area (Å²) in [4.78, 5) is 11.5. The van der Waals surface area contributed by atoms with E-state index in [1.54, 1.807) is 6.26 Å². The molecule has 0 radical (unpaired) electrons. The van der Waals surface area contributed by atoms with Crippen molar-refractivity contribution >= 4 is 0 Å². The molecule has 1 aromatic rings. The Bertz CT molecular complexity index is 980. The minimum Gasteiger partial charge on any atom is -0.431 e. The van der Waals surface area contributed by atoms with Gasteiger partial charge < -0.3 is 20.2 Å². The maximum absolute atomic E-state index is 14.4. The van der Waals surface area contributed by atoms with Gasteiger partial charge in [-0.2, -0.15) is 0 Å². The molecule has 4 saturated carbocycles. The molecule has 0 bridgehead atoms. The van der Waals surface area contributed by atoms with E-state index in [9.17, 15) is 14.3 Å². The van der Waals surface area contributed by atoms with Crippen LogP contribution in [0, 0.1) is 28.6 Å². The second kappa shape index (κ2) is 8.66. The number of halogens is 1. The largest absolute Gasteiger partial charge is 0.431 e. The predicted octanol–water partition coefficient (Wildman–Crippen LogP) is 4.54. The fraction of sp³-hybridized carbons (Fsp3) is 0.828. The zero-order chi connectivity index (χ0) is 24.4. The number of hydrogen-bond donors (Lipinski definition) is 3. The highest BCUT2D eigenvalue weighted by molar-refractivity contribution is 5.27. The zero-order valence-corrected chi connectivity index (χ0v) is 21.4. The smallest absolute Gasteiger partial charge is 0.335 e. The quantitative estimate of drug-likeness (QED) is 0.585. The lowest BCUT2D eigenvalue weighted by Gasteiger charge is -2.64. The van der Waals surface area contributed by atoms with Crippen LogP contribution in [0.2, 0.25) is 0 Å². The monoisotopic (exact) mass is 486 g/mol. The van der Waals surface area contributed by atoms with Crippen molar-refractivity contribution in [3.05, 3.63) is 34.4 Å². The molecule has 35 heavy (non-hydrogen) atoms. The fourth-order valence-electron chi connectivity index (χ4n) is 9.79. The average molecular weight is 487 g/mol. The first-order valence-electron chi connectivity index (χ1n) is 14.2. The Labute approximate surface area is 208 Å². The van der Waals surface area contributed by atoms with E-state index in [4.69, 9.17) is 4.42 Å². The summed E-state index contributed by atoms with van der Waals surface area (Å²) in [5.74, 6) is 1.79. The molecule has 10 atom stereocenters. The van der Waals surface area contributed by atoms with Gasteiger partial charge in [-0.05, 0) is 111 Å². The summed E-state index contributed by atoms with van der Waals surface area (Å²) in [7, 11) is 0. The van der Waals surface area contributed by atoms with Crippen molar-refractivity contribution in [2.75, 3.05) is 13.1 Å². The average Bonchev–Trinajstić information content (AvgIpc) is 3.12. The van der Waals surface area contributed by atoms with Crippen LogP contribution in [0.5, 0.6) is 0 Å². The second-order valence-electron chi connectivity index (χ2n) is 13.1. The molecule has 2 heterocycles. The summed E-state index contributed by atoms with van der Waals surface area (Å²) < 4.78 is 19.7. The lowest BCUT2D eigenvalue weighted by Crippen LogP contribution is -2.62. The Hall–Kier alpha value is -1.24. The highest BCUT2D eigenvalue weighted by atomic mass is 19.1.